The van der Waals surface area contributed by atoms with Gasteiger partial charge in [0.1, 0.15) is 18.4 Å². The Labute approximate surface area is 150 Å². The molecule has 0 aliphatic heterocycles. The van der Waals surface area contributed by atoms with Gasteiger partial charge in [0.25, 0.3) is 5.91 Å². The number of ether oxygens (including phenoxy) is 1. The van der Waals surface area contributed by atoms with Crippen LogP contribution in [0.3, 0.4) is 0 Å². The van der Waals surface area contributed by atoms with Crippen LogP contribution >= 0.6 is 11.6 Å². The van der Waals surface area contributed by atoms with E-state index >= 15 is 0 Å². The zero-order valence-corrected chi connectivity index (χ0v) is 14.6. The maximum atomic E-state index is 12.2. The van der Waals surface area contributed by atoms with Gasteiger partial charge in [0.05, 0.1) is 5.69 Å². The average molecular weight is 357 g/mol. The molecule has 0 aliphatic rings. The molecule has 1 heterocycles. The minimum atomic E-state index is -0.243. The van der Waals surface area contributed by atoms with E-state index in [4.69, 9.17) is 16.3 Å². The second kappa shape index (κ2) is 7.36. The molecule has 0 saturated carbocycles. The zero-order chi connectivity index (χ0) is 17.8. The summed E-state index contributed by atoms with van der Waals surface area (Å²) in [6.45, 7) is 3.90. The molecule has 25 heavy (non-hydrogen) atoms. The number of halogens is 1. The van der Waals surface area contributed by atoms with E-state index in [1.807, 2.05) is 32.0 Å². The minimum Gasteiger partial charge on any atom is -0.482 e. The third-order valence-electron chi connectivity index (χ3n) is 3.77. The number of nitrogens with one attached hydrogen (secondary N) is 1. The van der Waals surface area contributed by atoms with Crippen molar-refractivity contribution < 1.29 is 9.53 Å². The molecular formula is C18H17ClN4O2. The first kappa shape index (κ1) is 17.0. The highest BCUT2D eigenvalue weighted by molar-refractivity contribution is 6.30. The molecule has 2 aromatic carbocycles. The third kappa shape index (κ3) is 4.16. The largest absolute Gasteiger partial charge is 0.482 e. The normalized spacial score (nSPS) is 10.5. The summed E-state index contributed by atoms with van der Waals surface area (Å²) in [5.41, 5.74) is 3.70. The molecule has 3 aromatic rings. The number of amides is 1. The maximum Gasteiger partial charge on any atom is 0.262 e. The van der Waals surface area contributed by atoms with Gasteiger partial charge in [0.15, 0.2) is 6.61 Å². The molecule has 0 fully saturated rings. The number of nitrogens with zero attached hydrogens (tertiary/aromatic N) is 3. The molecule has 0 atom stereocenters. The lowest BCUT2D eigenvalue weighted by Gasteiger charge is -2.12. The van der Waals surface area contributed by atoms with Crippen molar-refractivity contribution in [2.75, 3.05) is 11.9 Å². The third-order valence-corrected chi connectivity index (χ3v) is 4.00. The summed E-state index contributed by atoms with van der Waals surface area (Å²) in [5, 5.41) is 10.9. The fraction of sp³-hybridized carbons (Fsp3) is 0.167. The molecule has 1 amide bonds. The summed E-state index contributed by atoms with van der Waals surface area (Å²) in [6.07, 6.45) is 3.07. The smallest absolute Gasteiger partial charge is 0.262 e. The molecular weight excluding hydrogens is 340 g/mol. The van der Waals surface area contributed by atoms with E-state index in [0.29, 0.717) is 16.5 Å². The van der Waals surface area contributed by atoms with Crippen LogP contribution in [0.2, 0.25) is 5.02 Å². The number of hydrogen-bond donors (Lipinski definition) is 1. The van der Waals surface area contributed by atoms with Crippen LogP contribution in [0.1, 0.15) is 11.1 Å². The molecule has 7 heteroatoms. The first-order valence-electron chi connectivity index (χ1n) is 7.67. The molecule has 1 aromatic heterocycles. The Hall–Kier alpha value is -2.86. The minimum absolute atomic E-state index is 0.121. The van der Waals surface area contributed by atoms with Gasteiger partial charge in [0.2, 0.25) is 0 Å². The molecule has 0 radical (unpaired) electrons. The van der Waals surface area contributed by atoms with E-state index < -0.39 is 0 Å². The monoisotopic (exact) mass is 356 g/mol. The lowest BCUT2D eigenvalue weighted by molar-refractivity contribution is -0.118. The van der Waals surface area contributed by atoms with Gasteiger partial charge >= 0.3 is 0 Å². The van der Waals surface area contributed by atoms with Gasteiger partial charge in [-0.15, -0.1) is 10.2 Å². The lowest BCUT2D eigenvalue weighted by atomic mass is 10.1. The molecule has 0 saturated heterocycles. The van der Waals surface area contributed by atoms with Crippen molar-refractivity contribution in [2.24, 2.45) is 0 Å². The van der Waals surface area contributed by atoms with Crippen molar-refractivity contribution in [3.63, 3.8) is 0 Å². The Morgan fingerprint density at radius 1 is 1.12 bits per heavy atom. The standard InChI is InChI=1S/C18H17ClN4O2/c1-12-3-5-15(7-13(12)2)22-18(24)9-25-17-6-4-14(19)8-16(17)23-10-20-21-11-23/h3-8,10-11H,9H2,1-2H3,(H,22,24). The summed E-state index contributed by atoms with van der Waals surface area (Å²) in [7, 11) is 0. The molecule has 1 N–H and O–H groups in total. The van der Waals surface area contributed by atoms with Gasteiger partial charge < -0.3 is 10.1 Å². The second-order valence-corrected chi connectivity index (χ2v) is 6.05. The second-order valence-electron chi connectivity index (χ2n) is 5.62. The van der Waals surface area contributed by atoms with Crippen LogP contribution < -0.4 is 10.1 Å². The molecule has 128 valence electrons. The van der Waals surface area contributed by atoms with Gasteiger partial charge in [-0.2, -0.15) is 0 Å². The Bertz CT molecular complexity index is 894. The quantitative estimate of drug-likeness (QED) is 0.759. The Morgan fingerprint density at radius 3 is 2.60 bits per heavy atom. The number of aryl methyl sites for hydroxylation is 2. The van der Waals surface area contributed by atoms with Crippen molar-refractivity contribution >= 4 is 23.2 Å². The average Bonchev–Trinajstić information content (AvgIpc) is 3.11. The fourth-order valence-corrected chi connectivity index (χ4v) is 2.47. The lowest BCUT2D eigenvalue weighted by Crippen LogP contribution is -2.20. The summed E-state index contributed by atoms with van der Waals surface area (Å²) < 4.78 is 7.33. The van der Waals surface area contributed by atoms with Crippen LogP contribution in [0, 0.1) is 13.8 Å². The highest BCUT2D eigenvalue weighted by atomic mass is 35.5. The van der Waals surface area contributed by atoms with Gasteiger partial charge in [-0.25, -0.2) is 0 Å². The van der Waals surface area contributed by atoms with Gasteiger partial charge in [-0.3, -0.25) is 9.36 Å². The number of carbonyl (C=O) groups is 1. The van der Waals surface area contributed by atoms with Crippen molar-refractivity contribution in [3.05, 3.63) is 65.2 Å². The van der Waals surface area contributed by atoms with E-state index in [-0.39, 0.29) is 12.5 Å². The van der Waals surface area contributed by atoms with Crippen molar-refractivity contribution in [3.8, 4) is 11.4 Å². The van der Waals surface area contributed by atoms with Crippen molar-refractivity contribution in [2.45, 2.75) is 13.8 Å². The van der Waals surface area contributed by atoms with Crippen LogP contribution in [-0.2, 0) is 4.79 Å². The van der Waals surface area contributed by atoms with Crippen LogP contribution in [-0.4, -0.2) is 27.3 Å². The Morgan fingerprint density at radius 2 is 1.88 bits per heavy atom. The molecule has 0 aliphatic carbocycles. The van der Waals surface area contributed by atoms with E-state index in [1.165, 1.54) is 18.2 Å². The van der Waals surface area contributed by atoms with Gasteiger partial charge in [-0.05, 0) is 55.3 Å². The predicted octanol–water partition coefficient (Wildman–Crippen LogP) is 3.56. The van der Waals surface area contributed by atoms with Crippen LogP contribution in [0.25, 0.3) is 5.69 Å². The number of rotatable bonds is 5. The number of hydrogen-bond acceptors (Lipinski definition) is 4. The maximum absolute atomic E-state index is 12.2. The number of carbonyl (C=O) groups excluding carboxylic acids is 1. The van der Waals surface area contributed by atoms with Gasteiger partial charge in [-0.1, -0.05) is 17.7 Å². The van der Waals surface area contributed by atoms with E-state index in [1.54, 1.807) is 22.8 Å². The van der Waals surface area contributed by atoms with Crippen molar-refractivity contribution in [1.29, 1.82) is 0 Å². The summed E-state index contributed by atoms with van der Waals surface area (Å²) in [6, 6.07) is 10.9. The van der Waals surface area contributed by atoms with Gasteiger partial charge in [0, 0.05) is 10.7 Å². The fourth-order valence-electron chi connectivity index (χ4n) is 2.30. The number of aromatic nitrogens is 3. The molecule has 6 nitrogen and oxygen atoms in total. The number of benzene rings is 2. The zero-order valence-electron chi connectivity index (χ0n) is 13.9. The van der Waals surface area contributed by atoms with E-state index in [0.717, 1.165) is 11.3 Å². The SMILES string of the molecule is Cc1ccc(NC(=O)COc2ccc(Cl)cc2-n2cnnc2)cc1C. The summed E-state index contributed by atoms with van der Waals surface area (Å²) >= 11 is 6.04. The summed E-state index contributed by atoms with van der Waals surface area (Å²) in [4.78, 5) is 12.2. The topological polar surface area (TPSA) is 69.0 Å². The molecule has 0 bridgehead atoms. The molecule has 0 spiro atoms. The van der Waals surface area contributed by atoms with Crippen molar-refractivity contribution in [1.82, 2.24) is 14.8 Å². The Balaban J connectivity index is 1.69. The first-order valence-corrected chi connectivity index (χ1v) is 8.05. The molecule has 0 unspecified atom stereocenters. The number of anilines is 1. The van der Waals surface area contributed by atoms with Crippen LogP contribution in [0.15, 0.2) is 49.1 Å². The van der Waals surface area contributed by atoms with E-state index in [9.17, 15) is 4.79 Å². The Kier molecular flexibility index (Phi) is 5.00. The van der Waals surface area contributed by atoms with Crippen LogP contribution in [0.4, 0.5) is 5.69 Å². The highest BCUT2D eigenvalue weighted by Crippen LogP contribution is 2.26. The highest BCUT2D eigenvalue weighted by Gasteiger charge is 2.10. The van der Waals surface area contributed by atoms with E-state index in [2.05, 4.69) is 15.5 Å². The first-order chi connectivity index (χ1) is 12.0. The molecule has 3 rings (SSSR count). The predicted molar refractivity (Wildman–Crippen MR) is 96.4 cm³/mol. The summed E-state index contributed by atoms with van der Waals surface area (Å²) in [5.74, 6) is 0.271. The van der Waals surface area contributed by atoms with Crippen LogP contribution in [0.5, 0.6) is 5.75 Å².